The first-order valence-electron chi connectivity index (χ1n) is 9.34. The molecule has 0 saturated carbocycles. The van der Waals surface area contributed by atoms with Crippen LogP contribution in [0.2, 0.25) is 0 Å². The summed E-state index contributed by atoms with van der Waals surface area (Å²) < 4.78 is 0.757. The van der Waals surface area contributed by atoms with Crippen molar-refractivity contribution in [2.45, 2.75) is 0 Å². The largest absolute Gasteiger partial charge is 0.102 e. The van der Waals surface area contributed by atoms with E-state index in [0.29, 0.717) is 0 Å². The summed E-state index contributed by atoms with van der Waals surface area (Å²) in [6.07, 6.45) is 0. The molecule has 0 N–H and O–H groups in total. The van der Waals surface area contributed by atoms with Crippen molar-refractivity contribution >= 4 is 33.3 Å². The molecule has 3 aromatic carbocycles. The van der Waals surface area contributed by atoms with Crippen molar-refractivity contribution in [3.8, 4) is 0 Å². The molecule has 0 aromatic heterocycles. The van der Waals surface area contributed by atoms with E-state index < -0.39 is 7.92 Å². The van der Waals surface area contributed by atoms with Crippen LogP contribution in [0.4, 0.5) is 0 Å². The van der Waals surface area contributed by atoms with Gasteiger partial charge in [-0.25, -0.2) is 0 Å². The molecule has 29 heavy (non-hydrogen) atoms. The van der Waals surface area contributed by atoms with E-state index in [1.165, 1.54) is 15.9 Å². The van der Waals surface area contributed by atoms with Crippen LogP contribution in [-0.2, 0) is 18.8 Å². The number of quaternary nitrogens is 1. The van der Waals surface area contributed by atoms with Gasteiger partial charge in [0.25, 0.3) is 0 Å². The zero-order chi connectivity index (χ0) is 21.7. The van der Waals surface area contributed by atoms with Gasteiger partial charge in [0.05, 0.1) is 7.92 Å². The van der Waals surface area contributed by atoms with Gasteiger partial charge in [-0.05, 0) is 50.5 Å². The van der Waals surface area contributed by atoms with Crippen LogP contribution < -0.4 is 15.9 Å². The summed E-state index contributed by atoms with van der Waals surface area (Å²) in [5, 5.41) is 4.31. The minimum atomic E-state index is -0.877. The van der Waals surface area contributed by atoms with Crippen LogP contribution in [0.3, 0.4) is 0 Å². The molecule has 0 saturated heterocycles. The molecule has 0 aliphatic heterocycles. The van der Waals surface area contributed by atoms with E-state index in [1.807, 2.05) is 14.1 Å². The molecular weight excluding hydrogens is 578 g/mol. The van der Waals surface area contributed by atoms with Gasteiger partial charge >= 0.3 is 28.2 Å². The molecule has 0 bridgehead atoms. The van der Waals surface area contributed by atoms with Crippen LogP contribution in [0.5, 0.6) is 0 Å². The molecule has 0 fully saturated rings. The maximum atomic E-state index is 4.61. The van der Waals surface area contributed by atoms with Crippen molar-refractivity contribution in [2.75, 3.05) is 34.9 Å². The van der Waals surface area contributed by atoms with Crippen LogP contribution in [-0.4, -0.2) is 44.2 Å². The van der Waals surface area contributed by atoms with E-state index >= 15 is 0 Å². The molecule has 0 unspecified atom stereocenters. The van der Waals surface area contributed by atoms with Gasteiger partial charge in [0, 0.05) is 14.1 Å². The molecule has 2 nitrogen and oxygen atoms in total. The third kappa shape index (κ3) is 10.5. The molecular formula is C24H32ClN2PPt+2. The maximum absolute atomic E-state index is 4.61. The van der Waals surface area contributed by atoms with Crippen molar-refractivity contribution in [1.29, 1.82) is 0 Å². The topological polar surface area (TPSA) is 3.24 Å². The standard InChI is InChI=1S/C18H15P.C6H16N2.ClH.Pt/c1-4-10-16(11-5-1)19(17-12-6-2-7-13-17)18-14-8-3-9-15-18;1-7(2)6-8(3,4)5;;/h1-15H;3,6H2,1-2,4-5H3;1H;/q;;;+2. The summed E-state index contributed by atoms with van der Waals surface area (Å²) in [7, 11) is 15.9. The third-order valence-corrected chi connectivity index (χ3v) is 6.59. The van der Waals surface area contributed by atoms with E-state index in [0.717, 1.165) is 11.2 Å². The molecule has 5 heteroatoms. The average molecular weight is 610 g/mol. The SMILES string of the molecule is [CH2-][N+](C)(C)CN(C)C.[Cl][Pt+].c1ccc([PH+](c2ccccc2)c2ccccc2)cc1. The second-order valence-corrected chi connectivity index (χ2v) is 10.1. The molecule has 158 valence electrons. The summed E-state index contributed by atoms with van der Waals surface area (Å²) in [6, 6.07) is 32.5. The second kappa shape index (κ2) is 14.1. The Balaban J connectivity index is 0.000000358. The summed E-state index contributed by atoms with van der Waals surface area (Å²) in [5.74, 6) is 0. The van der Waals surface area contributed by atoms with Crippen LogP contribution in [0.15, 0.2) is 91.0 Å². The first kappa shape index (κ1) is 26.0. The maximum Gasteiger partial charge on any atom is 0.102 e. The summed E-state index contributed by atoms with van der Waals surface area (Å²) in [6.45, 7) is 0.986. The summed E-state index contributed by atoms with van der Waals surface area (Å²) in [4.78, 5) is 2.12. The Morgan fingerprint density at radius 2 is 1.00 bits per heavy atom. The Morgan fingerprint density at radius 3 is 1.17 bits per heavy atom. The minimum absolute atomic E-state index is 0.757. The monoisotopic (exact) mass is 609 g/mol. The molecule has 0 radical (unpaired) electrons. The third-order valence-electron chi connectivity index (χ3n) is 3.85. The number of rotatable bonds is 5. The van der Waals surface area contributed by atoms with E-state index in [2.05, 4.69) is 126 Å². The fourth-order valence-electron chi connectivity index (χ4n) is 3.08. The minimum Gasteiger partial charge on any atom is -0.0620 e. The molecule has 0 amide bonds. The Hall–Kier alpha value is -1.01. The molecule has 0 aliphatic rings. The number of benzene rings is 3. The number of hydrogen-bond donors (Lipinski definition) is 0. The number of hydrogen-bond acceptors (Lipinski definition) is 1. The average Bonchev–Trinajstić information content (AvgIpc) is 2.71. The molecule has 0 spiro atoms. The van der Waals surface area contributed by atoms with Gasteiger partial charge in [-0.2, -0.15) is 0 Å². The zero-order valence-electron chi connectivity index (χ0n) is 17.7. The van der Waals surface area contributed by atoms with Gasteiger partial charge in [0.1, 0.15) is 22.6 Å². The van der Waals surface area contributed by atoms with Gasteiger partial charge in [0.15, 0.2) is 0 Å². The second-order valence-electron chi connectivity index (χ2n) is 7.63. The van der Waals surface area contributed by atoms with Crippen LogP contribution in [0.25, 0.3) is 0 Å². The Bertz CT molecular complexity index is 684. The van der Waals surface area contributed by atoms with Crippen LogP contribution in [0.1, 0.15) is 0 Å². The molecule has 0 atom stereocenters. The van der Waals surface area contributed by atoms with Gasteiger partial charge in [0.2, 0.25) is 0 Å². The zero-order valence-corrected chi connectivity index (χ0v) is 21.7. The molecule has 3 aromatic rings. The first-order valence-corrected chi connectivity index (χ1v) is 13.7. The Labute approximate surface area is 193 Å². The fourth-order valence-corrected chi connectivity index (χ4v) is 5.66. The van der Waals surface area contributed by atoms with E-state index in [9.17, 15) is 0 Å². The quantitative estimate of drug-likeness (QED) is 0.181. The Morgan fingerprint density at radius 1 is 0.724 bits per heavy atom. The van der Waals surface area contributed by atoms with Crippen LogP contribution >= 0.6 is 17.3 Å². The van der Waals surface area contributed by atoms with E-state index in [4.69, 9.17) is 0 Å². The molecule has 0 heterocycles. The van der Waals surface area contributed by atoms with Gasteiger partial charge in [-0.15, -0.1) is 7.05 Å². The first-order chi connectivity index (χ1) is 13.9. The van der Waals surface area contributed by atoms with Crippen molar-refractivity contribution in [2.24, 2.45) is 0 Å². The van der Waals surface area contributed by atoms with Crippen molar-refractivity contribution in [1.82, 2.24) is 4.90 Å². The smallest absolute Gasteiger partial charge is 0.0620 e. The summed E-state index contributed by atoms with van der Waals surface area (Å²) >= 11 is 1.61. The van der Waals surface area contributed by atoms with Crippen molar-refractivity contribution in [3.63, 3.8) is 0 Å². The van der Waals surface area contributed by atoms with Crippen LogP contribution in [0, 0.1) is 7.05 Å². The van der Waals surface area contributed by atoms with E-state index in [-0.39, 0.29) is 0 Å². The fraction of sp³-hybridized carbons (Fsp3) is 0.208. The van der Waals surface area contributed by atoms with Crippen molar-refractivity contribution < 1.29 is 23.3 Å². The summed E-state index contributed by atoms with van der Waals surface area (Å²) in [5.41, 5.74) is 0. The normalized spacial score (nSPS) is 10.7. The van der Waals surface area contributed by atoms with E-state index in [1.54, 1.807) is 18.8 Å². The predicted octanol–water partition coefficient (Wildman–Crippen LogP) is 4.24. The predicted molar refractivity (Wildman–Crippen MR) is 128 cm³/mol. The molecule has 0 aliphatic carbocycles. The van der Waals surface area contributed by atoms with Gasteiger partial charge in [-0.3, -0.25) is 4.90 Å². The number of halogens is 1. The molecule has 3 rings (SSSR count). The van der Waals surface area contributed by atoms with Gasteiger partial charge < -0.3 is 4.48 Å². The van der Waals surface area contributed by atoms with Crippen molar-refractivity contribution in [3.05, 3.63) is 98.0 Å². The number of nitrogens with zero attached hydrogens (tertiary/aromatic N) is 2. The van der Waals surface area contributed by atoms with Gasteiger partial charge in [-0.1, -0.05) is 54.6 Å². The Kier molecular flexibility index (Phi) is 12.6.